The zero-order valence-electron chi connectivity index (χ0n) is 12.6. The van der Waals surface area contributed by atoms with Crippen LogP contribution < -0.4 is 4.74 Å². The fourth-order valence-electron chi connectivity index (χ4n) is 2.48. The van der Waals surface area contributed by atoms with E-state index >= 15 is 0 Å². The summed E-state index contributed by atoms with van der Waals surface area (Å²) in [4.78, 5) is 4.26. The van der Waals surface area contributed by atoms with Gasteiger partial charge in [-0.15, -0.1) is 0 Å². The molecule has 0 N–H and O–H groups in total. The first-order chi connectivity index (χ1) is 11.5. The highest BCUT2D eigenvalue weighted by molar-refractivity contribution is 7.89. The number of nitriles is 1. The molecule has 0 amide bonds. The van der Waals surface area contributed by atoms with Crippen molar-refractivity contribution < 1.29 is 13.2 Å². The maximum atomic E-state index is 12.6. The third-order valence-electron chi connectivity index (χ3n) is 3.71. The van der Waals surface area contributed by atoms with E-state index < -0.39 is 10.0 Å². The second-order valence-corrected chi connectivity index (χ2v) is 7.71. The lowest BCUT2D eigenvalue weighted by Crippen LogP contribution is -2.31. The van der Waals surface area contributed by atoms with Gasteiger partial charge < -0.3 is 4.74 Å². The average molecular weight is 364 g/mol. The number of pyridine rings is 1. The Kier molecular flexibility index (Phi) is 4.71. The molecular weight excluding hydrogens is 350 g/mol. The summed E-state index contributed by atoms with van der Waals surface area (Å²) < 4.78 is 32.3. The number of halogens is 1. The number of rotatable bonds is 4. The molecule has 2 aromatic rings. The highest BCUT2D eigenvalue weighted by Gasteiger charge is 2.33. The molecule has 1 aromatic heterocycles. The molecule has 3 rings (SSSR count). The molecule has 0 radical (unpaired) electrons. The molecule has 0 saturated carbocycles. The van der Waals surface area contributed by atoms with Crippen molar-refractivity contribution in [1.29, 1.82) is 5.26 Å². The Hall–Kier alpha value is -2.14. The highest BCUT2D eigenvalue weighted by atomic mass is 35.5. The van der Waals surface area contributed by atoms with Gasteiger partial charge in [0.2, 0.25) is 15.9 Å². The number of sulfonamides is 1. The molecule has 1 aliphatic rings. The Morgan fingerprint density at radius 2 is 2.04 bits per heavy atom. The largest absolute Gasteiger partial charge is 0.473 e. The van der Waals surface area contributed by atoms with E-state index in [9.17, 15) is 8.42 Å². The third kappa shape index (κ3) is 3.51. The van der Waals surface area contributed by atoms with E-state index in [-0.39, 0.29) is 17.5 Å². The molecule has 124 valence electrons. The summed E-state index contributed by atoms with van der Waals surface area (Å²) >= 11 is 5.80. The molecule has 1 atom stereocenters. The zero-order chi connectivity index (χ0) is 17.2. The number of hydrogen-bond acceptors (Lipinski definition) is 5. The minimum atomic E-state index is -3.57. The number of benzene rings is 1. The number of hydrogen-bond donors (Lipinski definition) is 0. The summed E-state index contributed by atoms with van der Waals surface area (Å²) in [7, 11) is -3.57. The van der Waals surface area contributed by atoms with E-state index in [1.54, 1.807) is 18.2 Å². The van der Waals surface area contributed by atoms with Crippen LogP contribution in [0.5, 0.6) is 5.88 Å². The fraction of sp³-hybridized carbons (Fsp3) is 0.250. The molecule has 0 spiro atoms. The molecule has 0 aliphatic carbocycles. The van der Waals surface area contributed by atoms with Crippen LogP contribution in [-0.2, 0) is 10.0 Å². The number of ether oxygens (including phenoxy) is 1. The van der Waals surface area contributed by atoms with Crippen molar-refractivity contribution in [1.82, 2.24) is 9.29 Å². The van der Waals surface area contributed by atoms with Crippen LogP contribution in [0.4, 0.5) is 0 Å². The monoisotopic (exact) mass is 363 g/mol. The quantitative estimate of drug-likeness (QED) is 0.833. The van der Waals surface area contributed by atoms with Gasteiger partial charge >= 0.3 is 0 Å². The van der Waals surface area contributed by atoms with Crippen LogP contribution >= 0.6 is 11.6 Å². The summed E-state index contributed by atoms with van der Waals surface area (Å²) in [5, 5.41) is 9.37. The van der Waals surface area contributed by atoms with Crippen LogP contribution in [0.2, 0.25) is 5.02 Å². The predicted molar refractivity (Wildman–Crippen MR) is 88.2 cm³/mol. The second kappa shape index (κ2) is 6.77. The van der Waals surface area contributed by atoms with Crippen LogP contribution in [0.15, 0.2) is 47.5 Å². The lowest BCUT2D eigenvalue weighted by molar-refractivity contribution is 0.207. The Balaban J connectivity index is 1.70. The lowest BCUT2D eigenvalue weighted by Gasteiger charge is -2.17. The maximum Gasteiger partial charge on any atom is 0.243 e. The van der Waals surface area contributed by atoms with Crippen molar-refractivity contribution in [2.45, 2.75) is 17.4 Å². The molecule has 6 nitrogen and oxygen atoms in total. The molecule has 0 bridgehead atoms. The molecule has 1 aliphatic heterocycles. The van der Waals surface area contributed by atoms with Gasteiger partial charge in [0.1, 0.15) is 6.10 Å². The van der Waals surface area contributed by atoms with Gasteiger partial charge in [-0.1, -0.05) is 11.6 Å². The first-order valence-corrected chi connectivity index (χ1v) is 9.09. The predicted octanol–water partition coefficient (Wildman–Crippen LogP) is 2.45. The minimum absolute atomic E-state index is 0.206. The highest BCUT2D eigenvalue weighted by Crippen LogP contribution is 2.24. The summed E-state index contributed by atoms with van der Waals surface area (Å²) in [5.74, 6) is 0.324. The van der Waals surface area contributed by atoms with Crippen molar-refractivity contribution in [3.05, 3.63) is 53.2 Å². The molecule has 8 heteroatoms. The van der Waals surface area contributed by atoms with Crippen molar-refractivity contribution in [2.75, 3.05) is 13.1 Å². The summed E-state index contributed by atoms with van der Waals surface area (Å²) in [5.41, 5.74) is 0.448. The summed E-state index contributed by atoms with van der Waals surface area (Å²) in [6.45, 7) is 0.608. The average Bonchev–Trinajstić information content (AvgIpc) is 3.05. The van der Waals surface area contributed by atoms with Gasteiger partial charge in [0.25, 0.3) is 0 Å². The SMILES string of the molecule is N#Cc1ccnc(OC2CCN(S(=O)(=O)c3ccc(Cl)cc3)C2)c1. The van der Waals surface area contributed by atoms with E-state index in [0.29, 0.717) is 29.4 Å². The smallest absolute Gasteiger partial charge is 0.243 e. The second-order valence-electron chi connectivity index (χ2n) is 5.34. The molecule has 2 heterocycles. The van der Waals surface area contributed by atoms with Crippen molar-refractivity contribution >= 4 is 21.6 Å². The van der Waals surface area contributed by atoms with Crippen LogP contribution in [0.25, 0.3) is 0 Å². The van der Waals surface area contributed by atoms with E-state index in [4.69, 9.17) is 21.6 Å². The number of nitrogens with zero attached hydrogens (tertiary/aromatic N) is 3. The Labute approximate surface area is 145 Å². The summed E-state index contributed by atoms with van der Waals surface area (Å²) in [6.07, 6.45) is 1.75. The maximum absolute atomic E-state index is 12.6. The van der Waals surface area contributed by atoms with Gasteiger partial charge in [-0.05, 0) is 36.8 Å². The van der Waals surface area contributed by atoms with Gasteiger partial charge in [-0.2, -0.15) is 9.57 Å². The Morgan fingerprint density at radius 1 is 1.29 bits per heavy atom. The van der Waals surface area contributed by atoms with E-state index in [1.165, 1.54) is 28.7 Å². The van der Waals surface area contributed by atoms with E-state index in [0.717, 1.165) is 0 Å². The molecule has 1 unspecified atom stereocenters. The van der Waals surface area contributed by atoms with Crippen molar-refractivity contribution in [3.63, 3.8) is 0 Å². The topological polar surface area (TPSA) is 83.3 Å². The van der Waals surface area contributed by atoms with Crippen molar-refractivity contribution in [2.24, 2.45) is 0 Å². The standard InChI is InChI=1S/C16H14ClN3O3S/c17-13-1-3-15(4-2-13)24(21,22)20-8-6-14(11-20)23-16-9-12(10-18)5-7-19-16/h1-5,7,9,14H,6,8,11H2. The van der Waals surface area contributed by atoms with Crippen LogP contribution in [-0.4, -0.2) is 36.9 Å². The van der Waals surface area contributed by atoms with Crippen LogP contribution in [0.3, 0.4) is 0 Å². The normalized spacial score (nSPS) is 18.2. The lowest BCUT2D eigenvalue weighted by atomic mass is 10.3. The van der Waals surface area contributed by atoms with E-state index in [2.05, 4.69) is 4.98 Å². The molecule has 1 saturated heterocycles. The van der Waals surface area contributed by atoms with Gasteiger partial charge in [0.05, 0.1) is 23.1 Å². The Morgan fingerprint density at radius 3 is 2.75 bits per heavy atom. The first-order valence-electron chi connectivity index (χ1n) is 7.27. The van der Waals surface area contributed by atoms with E-state index in [1.807, 2.05) is 6.07 Å². The van der Waals surface area contributed by atoms with Crippen molar-refractivity contribution in [3.8, 4) is 11.9 Å². The molecule has 24 heavy (non-hydrogen) atoms. The first kappa shape index (κ1) is 16.7. The van der Waals surface area contributed by atoms with Crippen LogP contribution in [0.1, 0.15) is 12.0 Å². The third-order valence-corrected chi connectivity index (χ3v) is 5.84. The zero-order valence-corrected chi connectivity index (χ0v) is 14.2. The molecule has 1 fully saturated rings. The van der Waals surface area contributed by atoms with Gasteiger partial charge in [-0.25, -0.2) is 13.4 Å². The molecular formula is C16H14ClN3O3S. The van der Waals surface area contributed by atoms with Gasteiger partial charge in [0.15, 0.2) is 0 Å². The minimum Gasteiger partial charge on any atom is -0.473 e. The fourth-order valence-corrected chi connectivity index (χ4v) is 4.09. The Bertz CT molecular complexity index is 878. The summed E-state index contributed by atoms with van der Waals surface area (Å²) in [6, 6.07) is 11.2. The van der Waals surface area contributed by atoms with Gasteiger partial charge in [-0.3, -0.25) is 0 Å². The van der Waals surface area contributed by atoms with Gasteiger partial charge in [0, 0.05) is 23.8 Å². The molecule has 1 aromatic carbocycles. The number of aromatic nitrogens is 1. The van der Waals surface area contributed by atoms with Crippen LogP contribution in [0, 0.1) is 11.3 Å².